The standard InChI is InChI=1S/C22H21N3O2S/c1-15-10-11-19(12-16(15)2)23-22-14-20(24-28(26,27)25-22)13-18-8-5-7-17-6-3-4-9-21(17)18/h3-12,14,24H,13H2,1-2H3,(H,23,25). The Hall–Kier alpha value is -3.12. The van der Waals surface area contributed by atoms with Gasteiger partial charge in [0.1, 0.15) is 5.84 Å². The van der Waals surface area contributed by atoms with Gasteiger partial charge in [-0.15, -0.1) is 4.40 Å². The number of nitrogens with one attached hydrogen (secondary N) is 2. The van der Waals surface area contributed by atoms with Crippen LogP contribution in [0.5, 0.6) is 0 Å². The number of rotatable bonds is 3. The average molecular weight is 391 g/mol. The summed E-state index contributed by atoms with van der Waals surface area (Å²) in [7, 11) is -3.79. The molecule has 0 bridgehead atoms. The lowest BCUT2D eigenvalue weighted by atomic mass is 10.0. The minimum atomic E-state index is -3.79. The van der Waals surface area contributed by atoms with Crippen LogP contribution in [0.1, 0.15) is 16.7 Å². The van der Waals surface area contributed by atoms with Crippen LogP contribution in [0.3, 0.4) is 0 Å². The summed E-state index contributed by atoms with van der Waals surface area (Å²) in [6, 6.07) is 20.0. The number of fused-ring (bicyclic) bond motifs is 1. The SMILES string of the molecule is Cc1ccc(NC2=NS(=O)(=O)NC(Cc3cccc4ccccc34)=C2)cc1C. The number of hydrogen-bond acceptors (Lipinski definition) is 3. The molecule has 1 aliphatic heterocycles. The Balaban J connectivity index is 1.65. The topological polar surface area (TPSA) is 70.6 Å². The second kappa shape index (κ2) is 7.13. The van der Waals surface area contributed by atoms with Crippen molar-refractivity contribution in [1.29, 1.82) is 0 Å². The molecule has 1 heterocycles. The largest absolute Gasteiger partial charge is 0.343 e. The Morgan fingerprint density at radius 2 is 1.75 bits per heavy atom. The minimum absolute atomic E-state index is 0.303. The molecule has 0 spiro atoms. The summed E-state index contributed by atoms with van der Waals surface area (Å²) in [4.78, 5) is 0. The van der Waals surface area contributed by atoms with Crippen molar-refractivity contribution in [2.75, 3.05) is 5.32 Å². The fourth-order valence-corrected chi connectivity index (χ4v) is 4.17. The van der Waals surface area contributed by atoms with E-state index in [1.54, 1.807) is 6.08 Å². The predicted octanol–water partition coefficient (Wildman–Crippen LogP) is 4.24. The van der Waals surface area contributed by atoms with Crippen molar-refractivity contribution in [3.05, 3.63) is 89.1 Å². The van der Waals surface area contributed by atoms with Crippen molar-refractivity contribution >= 4 is 32.5 Å². The first-order chi connectivity index (χ1) is 13.4. The molecule has 0 amide bonds. The Bertz CT molecular complexity index is 1220. The molecule has 6 heteroatoms. The molecule has 3 aromatic carbocycles. The number of hydrogen-bond donors (Lipinski definition) is 2. The van der Waals surface area contributed by atoms with Gasteiger partial charge in [-0.25, -0.2) is 0 Å². The van der Waals surface area contributed by atoms with Crippen molar-refractivity contribution in [2.45, 2.75) is 20.3 Å². The van der Waals surface area contributed by atoms with E-state index in [0.717, 1.165) is 27.6 Å². The van der Waals surface area contributed by atoms with E-state index in [4.69, 9.17) is 0 Å². The highest BCUT2D eigenvalue weighted by Gasteiger charge is 2.19. The van der Waals surface area contributed by atoms with Gasteiger partial charge >= 0.3 is 10.2 Å². The highest BCUT2D eigenvalue weighted by molar-refractivity contribution is 7.88. The van der Waals surface area contributed by atoms with Gasteiger partial charge in [0.05, 0.1) is 0 Å². The lowest BCUT2D eigenvalue weighted by Crippen LogP contribution is -2.30. The van der Waals surface area contributed by atoms with Gasteiger partial charge in [0.2, 0.25) is 0 Å². The summed E-state index contributed by atoms with van der Waals surface area (Å²) in [5, 5.41) is 5.35. The van der Waals surface area contributed by atoms with E-state index >= 15 is 0 Å². The first kappa shape index (κ1) is 18.3. The number of amidine groups is 1. The number of nitrogens with zero attached hydrogens (tertiary/aromatic N) is 1. The van der Waals surface area contributed by atoms with E-state index in [9.17, 15) is 8.42 Å². The molecular formula is C22H21N3O2S. The third kappa shape index (κ3) is 3.92. The molecule has 5 nitrogen and oxygen atoms in total. The molecule has 0 fully saturated rings. The van der Waals surface area contributed by atoms with Crippen molar-refractivity contribution in [3.8, 4) is 0 Å². The van der Waals surface area contributed by atoms with E-state index in [-0.39, 0.29) is 0 Å². The van der Waals surface area contributed by atoms with Crippen molar-refractivity contribution in [1.82, 2.24) is 4.72 Å². The molecule has 142 valence electrons. The molecule has 0 saturated carbocycles. The lowest BCUT2D eigenvalue weighted by Gasteiger charge is -2.17. The van der Waals surface area contributed by atoms with E-state index in [1.165, 1.54) is 5.56 Å². The second-order valence-corrected chi connectivity index (χ2v) is 8.30. The van der Waals surface area contributed by atoms with Crippen LogP contribution in [-0.4, -0.2) is 14.3 Å². The average Bonchev–Trinajstić information content (AvgIpc) is 2.64. The molecule has 0 aliphatic carbocycles. The molecule has 3 aromatic rings. The fourth-order valence-electron chi connectivity index (χ4n) is 3.30. The van der Waals surface area contributed by atoms with Gasteiger partial charge in [-0.3, -0.25) is 4.72 Å². The quantitative estimate of drug-likeness (QED) is 0.701. The van der Waals surface area contributed by atoms with Gasteiger partial charge in [-0.2, -0.15) is 8.42 Å². The predicted molar refractivity (Wildman–Crippen MR) is 115 cm³/mol. The monoisotopic (exact) mass is 391 g/mol. The molecule has 2 N–H and O–H groups in total. The number of allylic oxidation sites excluding steroid dienone is 1. The molecule has 1 aliphatic rings. The maximum absolute atomic E-state index is 12.3. The maximum atomic E-state index is 12.3. The normalized spacial score (nSPS) is 15.5. The maximum Gasteiger partial charge on any atom is 0.343 e. The summed E-state index contributed by atoms with van der Waals surface area (Å²) >= 11 is 0. The van der Waals surface area contributed by atoms with E-state index in [2.05, 4.69) is 14.4 Å². The number of aryl methyl sites for hydroxylation is 2. The van der Waals surface area contributed by atoms with Gasteiger partial charge in [0.15, 0.2) is 0 Å². The Kier molecular flexibility index (Phi) is 4.65. The van der Waals surface area contributed by atoms with Gasteiger partial charge in [-0.1, -0.05) is 48.5 Å². The van der Waals surface area contributed by atoms with E-state index in [0.29, 0.717) is 18.0 Å². The lowest BCUT2D eigenvalue weighted by molar-refractivity contribution is 0.589. The summed E-state index contributed by atoms with van der Waals surface area (Å²) in [6.45, 7) is 4.05. The minimum Gasteiger partial charge on any atom is -0.339 e. The van der Waals surface area contributed by atoms with Gasteiger partial charge in [0.25, 0.3) is 0 Å². The molecule has 0 radical (unpaired) electrons. The number of anilines is 1. The van der Waals surface area contributed by atoms with Crippen molar-refractivity contribution in [3.63, 3.8) is 0 Å². The summed E-state index contributed by atoms with van der Waals surface area (Å²) in [5.74, 6) is 0.303. The first-order valence-electron chi connectivity index (χ1n) is 9.04. The highest BCUT2D eigenvalue weighted by atomic mass is 32.2. The van der Waals surface area contributed by atoms with E-state index < -0.39 is 10.2 Å². The summed E-state index contributed by atoms with van der Waals surface area (Å²) in [5.41, 5.74) is 4.75. The smallest absolute Gasteiger partial charge is 0.339 e. The van der Waals surface area contributed by atoms with Crippen molar-refractivity contribution < 1.29 is 8.42 Å². The molecular weight excluding hydrogens is 370 g/mol. The Morgan fingerprint density at radius 1 is 0.964 bits per heavy atom. The Morgan fingerprint density at radius 3 is 2.57 bits per heavy atom. The van der Waals surface area contributed by atoms with Crippen LogP contribution in [-0.2, 0) is 16.6 Å². The molecule has 0 atom stereocenters. The third-order valence-corrected chi connectivity index (χ3v) is 5.79. The van der Waals surface area contributed by atoms with Crippen molar-refractivity contribution in [2.24, 2.45) is 4.40 Å². The molecule has 0 saturated heterocycles. The second-order valence-electron chi connectivity index (χ2n) is 6.96. The fraction of sp³-hybridized carbons (Fsp3) is 0.136. The van der Waals surface area contributed by atoms with Crippen LogP contribution in [0.2, 0.25) is 0 Å². The van der Waals surface area contributed by atoms with Gasteiger partial charge < -0.3 is 5.32 Å². The van der Waals surface area contributed by atoms with Crippen LogP contribution in [0.4, 0.5) is 5.69 Å². The van der Waals surface area contributed by atoms with E-state index in [1.807, 2.05) is 74.5 Å². The molecule has 28 heavy (non-hydrogen) atoms. The van der Waals surface area contributed by atoms with Crippen LogP contribution in [0.25, 0.3) is 10.8 Å². The zero-order chi connectivity index (χ0) is 19.7. The summed E-state index contributed by atoms with van der Waals surface area (Å²) < 4.78 is 30.9. The van der Waals surface area contributed by atoms with Gasteiger partial charge in [-0.05, 0) is 53.4 Å². The van der Waals surface area contributed by atoms with Crippen LogP contribution in [0.15, 0.2) is 76.8 Å². The zero-order valence-electron chi connectivity index (χ0n) is 15.7. The molecule has 0 aromatic heterocycles. The van der Waals surface area contributed by atoms with Crippen LogP contribution < -0.4 is 10.0 Å². The van der Waals surface area contributed by atoms with Crippen LogP contribution >= 0.6 is 0 Å². The van der Waals surface area contributed by atoms with Gasteiger partial charge in [0, 0.05) is 23.9 Å². The third-order valence-electron chi connectivity index (χ3n) is 4.83. The zero-order valence-corrected chi connectivity index (χ0v) is 16.5. The number of benzene rings is 3. The first-order valence-corrected chi connectivity index (χ1v) is 10.5. The Labute approximate surface area is 165 Å². The molecule has 4 rings (SSSR count). The van der Waals surface area contributed by atoms with Crippen LogP contribution in [0, 0.1) is 13.8 Å². The highest BCUT2D eigenvalue weighted by Crippen LogP contribution is 2.22. The summed E-state index contributed by atoms with van der Waals surface area (Å²) in [6.07, 6.45) is 2.21. The molecule has 0 unspecified atom stereocenters.